The molecule has 3 heterocycles. The molecule has 0 radical (unpaired) electrons. The van der Waals surface area contributed by atoms with Gasteiger partial charge in [0, 0.05) is 56.9 Å². The first-order valence-electron chi connectivity index (χ1n) is 13.1. The Bertz CT molecular complexity index is 1000. The molecule has 0 unspecified atom stereocenters. The van der Waals surface area contributed by atoms with Gasteiger partial charge in [-0.2, -0.15) is 0 Å². The van der Waals surface area contributed by atoms with Gasteiger partial charge >= 0.3 is 0 Å². The van der Waals surface area contributed by atoms with E-state index in [0.717, 1.165) is 68.7 Å². The molecule has 2 saturated heterocycles. The maximum absolute atomic E-state index is 13.2. The molecule has 2 aliphatic heterocycles. The summed E-state index contributed by atoms with van der Waals surface area (Å²) in [6.45, 7) is 12.5. The molecule has 2 aliphatic rings. The van der Waals surface area contributed by atoms with Gasteiger partial charge in [0.2, 0.25) is 5.91 Å². The summed E-state index contributed by atoms with van der Waals surface area (Å²) >= 11 is 0. The van der Waals surface area contributed by atoms with E-state index in [4.69, 9.17) is 0 Å². The fourth-order valence-corrected chi connectivity index (χ4v) is 5.80. The van der Waals surface area contributed by atoms with Crippen LogP contribution in [-0.2, 0) is 11.3 Å². The molecule has 6 heteroatoms. The number of rotatable bonds is 6. The van der Waals surface area contributed by atoms with Crippen molar-refractivity contribution in [2.45, 2.75) is 77.9 Å². The lowest BCUT2D eigenvalue weighted by molar-refractivity contribution is -0.135. The summed E-state index contributed by atoms with van der Waals surface area (Å²) in [5, 5.41) is 0. The molecule has 0 atom stereocenters. The number of aryl methyl sites for hydroxylation is 2. The average molecular weight is 477 g/mol. The number of benzene rings is 1. The quantitative estimate of drug-likeness (QED) is 0.612. The van der Waals surface area contributed by atoms with E-state index in [1.54, 1.807) is 6.20 Å². The van der Waals surface area contributed by atoms with Gasteiger partial charge in [0.05, 0.1) is 11.3 Å². The number of piperidine rings is 2. The SMILES string of the molecule is CCC(=O)N(Cc1ccccc1)C1CCN(C2(C)CCN(C(=O)c3c(C)ccnc3C)CC2)CC1. The van der Waals surface area contributed by atoms with E-state index in [2.05, 4.69) is 33.8 Å². The van der Waals surface area contributed by atoms with E-state index in [-0.39, 0.29) is 17.4 Å². The molecule has 188 valence electrons. The Kier molecular flexibility index (Phi) is 7.90. The molecule has 6 nitrogen and oxygen atoms in total. The normalized spacial score (nSPS) is 18.9. The first-order valence-corrected chi connectivity index (χ1v) is 13.1. The zero-order valence-electron chi connectivity index (χ0n) is 21.8. The number of aromatic nitrogens is 1. The average Bonchev–Trinajstić information content (AvgIpc) is 2.88. The zero-order valence-corrected chi connectivity index (χ0v) is 21.8. The molecule has 2 fully saturated rings. The van der Waals surface area contributed by atoms with Crippen LogP contribution in [0.1, 0.15) is 73.1 Å². The van der Waals surface area contributed by atoms with Crippen molar-refractivity contribution in [2.75, 3.05) is 26.2 Å². The van der Waals surface area contributed by atoms with E-state index in [1.165, 1.54) is 5.56 Å². The third-order valence-corrected chi connectivity index (χ3v) is 8.18. The van der Waals surface area contributed by atoms with Crippen molar-refractivity contribution in [1.82, 2.24) is 19.7 Å². The number of hydrogen-bond acceptors (Lipinski definition) is 4. The van der Waals surface area contributed by atoms with Gasteiger partial charge in [-0.05, 0) is 63.6 Å². The van der Waals surface area contributed by atoms with Crippen LogP contribution in [0.3, 0.4) is 0 Å². The van der Waals surface area contributed by atoms with Crippen molar-refractivity contribution in [3.8, 4) is 0 Å². The molecule has 2 amide bonds. The van der Waals surface area contributed by atoms with E-state index in [0.29, 0.717) is 19.0 Å². The van der Waals surface area contributed by atoms with Crippen LogP contribution >= 0.6 is 0 Å². The van der Waals surface area contributed by atoms with Gasteiger partial charge < -0.3 is 9.80 Å². The maximum atomic E-state index is 13.2. The Morgan fingerprint density at radius 1 is 1.03 bits per heavy atom. The smallest absolute Gasteiger partial charge is 0.255 e. The fraction of sp³-hybridized carbons (Fsp3) is 0.552. The summed E-state index contributed by atoms with van der Waals surface area (Å²) in [6.07, 6.45) is 6.28. The van der Waals surface area contributed by atoms with Gasteiger partial charge in [0.25, 0.3) is 5.91 Å². The van der Waals surface area contributed by atoms with Crippen LogP contribution in [0.25, 0.3) is 0 Å². The fourth-order valence-electron chi connectivity index (χ4n) is 5.80. The standard InChI is InChI=1S/C29H40N4O2/c1-5-26(34)33(21-24-9-7-6-8-10-24)25-12-17-32(18-13-25)29(4)14-19-31(20-15-29)28(35)27-22(2)11-16-30-23(27)3/h6-11,16,25H,5,12-15,17-21H2,1-4H3. The molecular weight excluding hydrogens is 436 g/mol. The van der Waals surface area contributed by atoms with Crippen LogP contribution in [0, 0.1) is 13.8 Å². The van der Waals surface area contributed by atoms with E-state index < -0.39 is 0 Å². The topological polar surface area (TPSA) is 56.8 Å². The van der Waals surface area contributed by atoms with Gasteiger partial charge in [-0.15, -0.1) is 0 Å². The lowest BCUT2D eigenvalue weighted by Crippen LogP contribution is -2.58. The molecule has 0 saturated carbocycles. The van der Waals surface area contributed by atoms with Crippen molar-refractivity contribution in [2.24, 2.45) is 0 Å². The van der Waals surface area contributed by atoms with Crippen LogP contribution in [0.4, 0.5) is 0 Å². The molecular formula is C29H40N4O2. The van der Waals surface area contributed by atoms with Crippen LogP contribution in [0.2, 0.25) is 0 Å². The number of carbonyl (C=O) groups is 2. The first kappa shape index (κ1) is 25.4. The van der Waals surface area contributed by atoms with Crippen LogP contribution in [0.15, 0.2) is 42.6 Å². The first-order chi connectivity index (χ1) is 16.8. The van der Waals surface area contributed by atoms with Crippen molar-refractivity contribution in [3.05, 3.63) is 65.0 Å². The van der Waals surface area contributed by atoms with Gasteiger partial charge in [0.15, 0.2) is 0 Å². The number of carbonyl (C=O) groups excluding carboxylic acids is 2. The predicted octanol–water partition coefficient (Wildman–Crippen LogP) is 4.60. The van der Waals surface area contributed by atoms with Crippen molar-refractivity contribution >= 4 is 11.8 Å². The third kappa shape index (κ3) is 5.58. The van der Waals surface area contributed by atoms with E-state index in [1.807, 2.05) is 49.9 Å². The molecule has 0 N–H and O–H groups in total. The number of hydrogen-bond donors (Lipinski definition) is 0. The Balaban J connectivity index is 1.35. The van der Waals surface area contributed by atoms with Crippen molar-refractivity contribution in [1.29, 1.82) is 0 Å². The van der Waals surface area contributed by atoms with Gasteiger partial charge in [-0.1, -0.05) is 37.3 Å². The monoisotopic (exact) mass is 476 g/mol. The Morgan fingerprint density at radius 3 is 2.29 bits per heavy atom. The second kappa shape index (κ2) is 10.9. The summed E-state index contributed by atoms with van der Waals surface area (Å²) in [5.41, 5.74) is 3.86. The second-order valence-corrected chi connectivity index (χ2v) is 10.5. The maximum Gasteiger partial charge on any atom is 0.255 e. The lowest BCUT2D eigenvalue weighted by Gasteiger charge is -2.50. The molecule has 1 aromatic carbocycles. The Morgan fingerprint density at radius 2 is 1.69 bits per heavy atom. The molecule has 1 aromatic heterocycles. The summed E-state index contributed by atoms with van der Waals surface area (Å²) in [7, 11) is 0. The molecule has 4 rings (SSSR count). The van der Waals surface area contributed by atoms with Crippen molar-refractivity contribution in [3.63, 3.8) is 0 Å². The summed E-state index contributed by atoms with van der Waals surface area (Å²) < 4.78 is 0. The largest absolute Gasteiger partial charge is 0.338 e. The summed E-state index contributed by atoms with van der Waals surface area (Å²) in [5.74, 6) is 0.356. The third-order valence-electron chi connectivity index (χ3n) is 8.18. The highest BCUT2D eigenvalue weighted by Gasteiger charge is 2.40. The highest BCUT2D eigenvalue weighted by Crippen LogP contribution is 2.33. The Labute approximate surface area is 210 Å². The molecule has 0 spiro atoms. The molecule has 2 aromatic rings. The molecule has 35 heavy (non-hydrogen) atoms. The van der Waals surface area contributed by atoms with Crippen LogP contribution in [-0.4, -0.2) is 69.3 Å². The minimum Gasteiger partial charge on any atom is -0.338 e. The van der Waals surface area contributed by atoms with Gasteiger partial charge in [0.1, 0.15) is 0 Å². The predicted molar refractivity (Wildman–Crippen MR) is 139 cm³/mol. The minimum atomic E-state index is 0.0970. The summed E-state index contributed by atoms with van der Waals surface area (Å²) in [6, 6.07) is 12.5. The molecule has 0 bridgehead atoms. The van der Waals surface area contributed by atoms with Crippen LogP contribution < -0.4 is 0 Å². The highest BCUT2D eigenvalue weighted by atomic mass is 16.2. The molecule has 0 aliphatic carbocycles. The van der Waals surface area contributed by atoms with E-state index >= 15 is 0 Å². The minimum absolute atomic E-state index is 0.0970. The number of nitrogens with zero attached hydrogens (tertiary/aromatic N) is 4. The second-order valence-electron chi connectivity index (χ2n) is 10.5. The zero-order chi connectivity index (χ0) is 25.0. The highest BCUT2D eigenvalue weighted by molar-refractivity contribution is 5.96. The van der Waals surface area contributed by atoms with Crippen LogP contribution in [0.5, 0.6) is 0 Å². The summed E-state index contributed by atoms with van der Waals surface area (Å²) in [4.78, 5) is 37.1. The number of likely N-dealkylation sites (tertiary alicyclic amines) is 2. The van der Waals surface area contributed by atoms with Gasteiger partial charge in [-0.25, -0.2) is 0 Å². The van der Waals surface area contributed by atoms with Crippen molar-refractivity contribution < 1.29 is 9.59 Å². The number of pyridine rings is 1. The van der Waals surface area contributed by atoms with E-state index in [9.17, 15) is 9.59 Å². The van der Waals surface area contributed by atoms with Gasteiger partial charge in [-0.3, -0.25) is 19.5 Å². The lowest BCUT2D eigenvalue weighted by atomic mass is 9.85. The number of amides is 2. The Hall–Kier alpha value is -2.73.